The Labute approximate surface area is 151 Å². The van der Waals surface area contributed by atoms with Gasteiger partial charge in [0.05, 0.1) is 0 Å². The van der Waals surface area contributed by atoms with Crippen molar-refractivity contribution in [2.24, 2.45) is 0 Å². The molecule has 1 N–H and O–H groups in total. The second-order valence-corrected chi connectivity index (χ2v) is 6.00. The third-order valence-corrected chi connectivity index (χ3v) is 4.14. The molecule has 0 bridgehead atoms. The third-order valence-electron chi connectivity index (χ3n) is 4.14. The minimum atomic E-state index is 0.433. The zero-order valence-electron chi connectivity index (χ0n) is 16.3. The highest BCUT2D eigenvalue weighted by Crippen LogP contribution is 2.20. The van der Waals surface area contributed by atoms with Gasteiger partial charge in [-0.2, -0.15) is 0 Å². The fourth-order valence-electron chi connectivity index (χ4n) is 1.96. The lowest BCUT2D eigenvalue weighted by molar-refractivity contribution is 0.0371. The Balaban J connectivity index is 2.84. The Morgan fingerprint density at radius 3 is 2.32 bits per heavy atom. The van der Waals surface area contributed by atoms with Gasteiger partial charge in [-0.25, -0.2) is 4.98 Å². The molecule has 0 aliphatic carbocycles. The van der Waals surface area contributed by atoms with Gasteiger partial charge in [-0.3, -0.25) is 10.0 Å². The van der Waals surface area contributed by atoms with Gasteiger partial charge < -0.3 is 10.1 Å². The lowest BCUT2D eigenvalue weighted by Gasteiger charge is -2.34. The number of hydrogen-bond acceptors (Lipinski definition) is 5. The van der Waals surface area contributed by atoms with Crippen LogP contribution in [0.3, 0.4) is 0 Å². The van der Waals surface area contributed by atoms with E-state index in [2.05, 4.69) is 35.4 Å². The van der Waals surface area contributed by atoms with Gasteiger partial charge in [0.25, 0.3) is 0 Å². The summed E-state index contributed by atoms with van der Waals surface area (Å²) in [5, 5.41) is 6.76. The smallest absolute Gasteiger partial charge is 0.206 e. The van der Waals surface area contributed by atoms with Gasteiger partial charge in [0.2, 0.25) is 5.88 Å². The van der Waals surface area contributed by atoms with Crippen LogP contribution in [-0.2, 0) is 4.74 Å². The lowest BCUT2D eigenvalue weighted by Crippen LogP contribution is -2.37. The maximum absolute atomic E-state index is 5.69. The summed E-state index contributed by atoms with van der Waals surface area (Å²) in [7, 11) is 3.68. The van der Waals surface area contributed by atoms with Gasteiger partial charge >= 0.3 is 0 Å². The zero-order valence-corrected chi connectivity index (χ0v) is 16.3. The van der Waals surface area contributed by atoms with Crippen molar-refractivity contribution in [3.63, 3.8) is 0 Å². The van der Waals surface area contributed by atoms with E-state index < -0.39 is 0 Å². The molecule has 0 radical (unpaired) electrons. The van der Waals surface area contributed by atoms with Gasteiger partial charge in [-0.05, 0) is 52.3 Å². The highest BCUT2D eigenvalue weighted by Gasteiger charge is 2.14. The first-order valence-electron chi connectivity index (χ1n) is 7.97. The van der Waals surface area contributed by atoms with Crippen LogP contribution in [-0.4, -0.2) is 29.1 Å². The number of allylic oxidation sites excluding steroid dienone is 2. The van der Waals surface area contributed by atoms with Gasteiger partial charge in [-0.1, -0.05) is 18.6 Å². The molecule has 0 aliphatic rings. The molecule has 0 unspecified atom stereocenters. The fraction of sp³-hybridized carbons (Fsp3) is 0.350. The number of nitrogens with zero attached hydrogens (tertiary/aromatic N) is 3. The molecule has 0 saturated carbocycles. The van der Waals surface area contributed by atoms with Crippen LogP contribution in [0, 0.1) is 33.1 Å². The minimum absolute atomic E-state index is 0.433. The maximum atomic E-state index is 5.69. The van der Waals surface area contributed by atoms with Crippen molar-refractivity contribution in [3.05, 3.63) is 59.1 Å². The van der Waals surface area contributed by atoms with E-state index in [1.165, 1.54) is 0 Å². The summed E-state index contributed by atoms with van der Waals surface area (Å²) in [6, 6.07) is 2.10. The SMILES string of the molecule is C#C/C(C)=C(/C)OC(=C)N(C)N(C)C(=C)Nc1nc(C)c(C)cc1C. The van der Waals surface area contributed by atoms with Crippen molar-refractivity contribution >= 4 is 5.82 Å². The van der Waals surface area contributed by atoms with Crippen LogP contribution in [0.2, 0.25) is 0 Å². The second-order valence-electron chi connectivity index (χ2n) is 6.00. The Morgan fingerprint density at radius 1 is 1.16 bits per heavy atom. The molecule has 5 heteroatoms. The van der Waals surface area contributed by atoms with E-state index in [1.54, 1.807) is 10.0 Å². The molecule has 134 valence electrons. The van der Waals surface area contributed by atoms with Crippen molar-refractivity contribution in [1.29, 1.82) is 0 Å². The third kappa shape index (κ3) is 5.05. The Hall–Kier alpha value is -2.87. The Bertz CT molecular complexity index is 756. The summed E-state index contributed by atoms with van der Waals surface area (Å²) < 4.78 is 5.69. The number of ether oxygens (including phenoxy) is 1. The molecule has 1 aromatic rings. The Morgan fingerprint density at radius 2 is 1.76 bits per heavy atom. The highest BCUT2D eigenvalue weighted by atomic mass is 16.5. The van der Waals surface area contributed by atoms with Crippen molar-refractivity contribution in [2.45, 2.75) is 34.6 Å². The quantitative estimate of drug-likeness (QED) is 0.460. The number of aromatic nitrogens is 1. The summed E-state index contributed by atoms with van der Waals surface area (Å²) in [5.41, 5.74) is 3.92. The molecule has 0 amide bonds. The summed E-state index contributed by atoms with van der Waals surface area (Å²) >= 11 is 0. The molecule has 0 aliphatic heterocycles. The van der Waals surface area contributed by atoms with E-state index in [1.807, 2.05) is 48.7 Å². The molecular weight excluding hydrogens is 312 g/mol. The lowest BCUT2D eigenvalue weighted by atomic mass is 10.1. The summed E-state index contributed by atoms with van der Waals surface area (Å²) in [4.78, 5) is 4.58. The van der Waals surface area contributed by atoms with Crippen molar-refractivity contribution in [3.8, 4) is 12.3 Å². The first-order valence-corrected chi connectivity index (χ1v) is 7.97. The van der Waals surface area contributed by atoms with E-state index in [4.69, 9.17) is 11.2 Å². The monoisotopic (exact) mass is 340 g/mol. The van der Waals surface area contributed by atoms with Crippen LogP contribution in [0.1, 0.15) is 30.7 Å². The standard InChI is InChI=1S/C20H28N4O/c1-11-13(2)17(6)25-19(8)24(10)23(9)18(7)22-20-15(4)12-14(3)16(5)21-20/h1,12H,7-8H2,2-6,9-10H3,(H,21,22)/b17-13-. The summed E-state index contributed by atoms with van der Waals surface area (Å²) in [6.45, 7) is 17.7. The van der Waals surface area contributed by atoms with E-state index in [0.717, 1.165) is 28.2 Å². The predicted octanol–water partition coefficient (Wildman–Crippen LogP) is 4.08. The Kier molecular flexibility index (Phi) is 6.69. The molecule has 0 fully saturated rings. The molecule has 0 atom stereocenters. The number of nitrogens with one attached hydrogen (secondary N) is 1. The molecule has 5 nitrogen and oxygen atoms in total. The van der Waals surface area contributed by atoms with Crippen LogP contribution in [0.25, 0.3) is 0 Å². The molecular formula is C20H28N4O. The average Bonchev–Trinajstić information content (AvgIpc) is 2.57. The van der Waals surface area contributed by atoms with Gasteiger partial charge in [-0.15, -0.1) is 6.42 Å². The molecule has 1 rings (SSSR count). The number of anilines is 1. The van der Waals surface area contributed by atoms with Crippen LogP contribution >= 0.6 is 0 Å². The van der Waals surface area contributed by atoms with Crippen LogP contribution in [0.4, 0.5) is 5.82 Å². The van der Waals surface area contributed by atoms with Crippen LogP contribution < -0.4 is 5.32 Å². The summed E-state index contributed by atoms with van der Waals surface area (Å²) in [6.07, 6.45) is 5.38. The van der Waals surface area contributed by atoms with E-state index in [0.29, 0.717) is 17.5 Å². The minimum Gasteiger partial charge on any atom is -0.444 e. The van der Waals surface area contributed by atoms with Gasteiger partial charge in [0, 0.05) is 25.4 Å². The van der Waals surface area contributed by atoms with Crippen molar-refractivity contribution < 1.29 is 4.74 Å². The number of hydrazine groups is 1. The van der Waals surface area contributed by atoms with Crippen LogP contribution in [0.15, 0.2) is 42.3 Å². The number of rotatable bonds is 7. The predicted molar refractivity (Wildman–Crippen MR) is 104 cm³/mol. The summed E-state index contributed by atoms with van der Waals surface area (Å²) in [5.74, 6) is 5.04. The molecule has 25 heavy (non-hydrogen) atoms. The largest absolute Gasteiger partial charge is 0.444 e. The average molecular weight is 340 g/mol. The molecule has 1 heterocycles. The first kappa shape index (κ1) is 20.2. The van der Waals surface area contributed by atoms with Crippen molar-refractivity contribution in [1.82, 2.24) is 15.0 Å². The number of hydrogen-bond donors (Lipinski definition) is 1. The molecule has 0 saturated heterocycles. The molecule has 1 aromatic heterocycles. The second kappa shape index (κ2) is 8.29. The normalized spacial score (nSPS) is 11.1. The molecule has 0 spiro atoms. The van der Waals surface area contributed by atoms with E-state index >= 15 is 0 Å². The van der Waals surface area contributed by atoms with Gasteiger partial charge in [0.15, 0.2) is 0 Å². The zero-order chi connectivity index (χ0) is 19.3. The fourth-order valence-corrected chi connectivity index (χ4v) is 1.96. The number of aryl methyl sites for hydroxylation is 3. The van der Waals surface area contributed by atoms with E-state index in [-0.39, 0.29) is 0 Å². The van der Waals surface area contributed by atoms with Gasteiger partial charge in [0.1, 0.15) is 17.4 Å². The number of pyridine rings is 1. The first-order chi connectivity index (χ1) is 11.6. The highest BCUT2D eigenvalue weighted by molar-refractivity contribution is 5.49. The van der Waals surface area contributed by atoms with Crippen molar-refractivity contribution in [2.75, 3.05) is 19.4 Å². The maximum Gasteiger partial charge on any atom is 0.206 e. The molecule has 0 aromatic carbocycles. The van der Waals surface area contributed by atoms with E-state index in [9.17, 15) is 0 Å². The number of terminal acetylenes is 1. The van der Waals surface area contributed by atoms with Crippen LogP contribution in [0.5, 0.6) is 0 Å². The topological polar surface area (TPSA) is 40.6 Å².